The summed E-state index contributed by atoms with van der Waals surface area (Å²) in [5, 5.41) is 5.54. The predicted molar refractivity (Wildman–Crippen MR) is 105 cm³/mol. The number of benzene rings is 2. The van der Waals surface area contributed by atoms with Crippen molar-refractivity contribution in [1.29, 1.82) is 0 Å². The molecule has 0 atom stereocenters. The number of anilines is 1. The molecule has 0 aliphatic carbocycles. The Morgan fingerprint density at radius 1 is 0.929 bits per heavy atom. The molecule has 0 bridgehead atoms. The van der Waals surface area contributed by atoms with E-state index in [0.29, 0.717) is 49.8 Å². The molecule has 2 aromatic carbocycles. The number of para-hydroxylation sites is 1. The van der Waals surface area contributed by atoms with Crippen LogP contribution in [0.4, 0.5) is 5.69 Å². The molecule has 28 heavy (non-hydrogen) atoms. The van der Waals surface area contributed by atoms with Crippen molar-refractivity contribution < 1.29 is 23.8 Å². The Morgan fingerprint density at radius 3 is 2.54 bits per heavy atom. The number of amides is 2. The molecule has 2 N–H and O–H groups in total. The lowest BCUT2D eigenvalue weighted by molar-refractivity contribution is -0.121. The summed E-state index contributed by atoms with van der Waals surface area (Å²) >= 11 is 0. The third kappa shape index (κ3) is 6.19. The number of fused-ring (bicyclic) bond motifs is 1. The van der Waals surface area contributed by atoms with Gasteiger partial charge < -0.3 is 24.8 Å². The highest BCUT2D eigenvalue weighted by Gasteiger charge is 2.13. The lowest BCUT2D eigenvalue weighted by Gasteiger charge is -2.19. The smallest absolute Gasteiger partial charge is 0.226 e. The third-order valence-electron chi connectivity index (χ3n) is 4.06. The molecule has 0 unspecified atom stereocenters. The number of carbonyl (C=O) groups excluding carboxylic acids is 2. The van der Waals surface area contributed by atoms with Crippen LogP contribution >= 0.6 is 0 Å². The van der Waals surface area contributed by atoms with E-state index in [0.717, 1.165) is 5.75 Å². The largest absolute Gasteiger partial charge is 0.494 e. The van der Waals surface area contributed by atoms with E-state index in [1.54, 1.807) is 18.2 Å². The maximum absolute atomic E-state index is 12.0. The van der Waals surface area contributed by atoms with E-state index in [9.17, 15) is 9.59 Å². The lowest BCUT2D eigenvalue weighted by atomic mass is 10.2. The number of nitrogens with one attached hydrogen (secondary N) is 2. The van der Waals surface area contributed by atoms with Crippen LogP contribution in [0.2, 0.25) is 0 Å². The third-order valence-corrected chi connectivity index (χ3v) is 4.06. The van der Waals surface area contributed by atoms with E-state index in [1.807, 2.05) is 30.3 Å². The number of carbonyl (C=O) groups is 2. The van der Waals surface area contributed by atoms with Crippen molar-refractivity contribution in [3.8, 4) is 17.2 Å². The molecule has 3 rings (SSSR count). The molecular formula is C21H24N2O5. The van der Waals surface area contributed by atoms with Gasteiger partial charge >= 0.3 is 0 Å². The molecule has 0 spiro atoms. The van der Waals surface area contributed by atoms with Crippen molar-refractivity contribution in [2.24, 2.45) is 0 Å². The Hall–Kier alpha value is -3.22. The van der Waals surface area contributed by atoms with Gasteiger partial charge in [-0.15, -0.1) is 0 Å². The predicted octanol–water partition coefficient (Wildman–Crippen LogP) is 2.76. The van der Waals surface area contributed by atoms with Gasteiger partial charge in [0, 0.05) is 31.1 Å². The molecule has 0 radical (unpaired) electrons. The molecule has 1 aliphatic heterocycles. The minimum atomic E-state index is -0.176. The Bertz CT molecular complexity index is 795. The Balaban J connectivity index is 1.29. The summed E-state index contributed by atoms with van der Waals surface area (Å²) < 4.78 is 16.5. The second kappa shape index (κ2) is 10.2. The van der Waals surface area contributed by atoms with Crippen molar-refractivity contribution >= 4 is 17.5 Å². The highest BCUT2D eigenvalue weighted by atomic mass is 16.6. The summed E-state index contributed by atoms with van der Waals surface area (Å²) in [6, 6.07) is 14.7. The summed E-state index contributed by atoms with van der Waals surface area (Å²) in [5.41, 5.74) is 0.638. The fraction of sp³-hybridized carbons (Fsp3) is 0.333. The van der Waals surface area contributed by atoms with Gasteiger partial charge in [-0.25, -0.2) is 0 Å². The second-order valence-corrected chi connectivity index (χ2v) is 6.27. The molecule has 1 aliphatic rings. The van der Waals surface area contributed by atoms with Gasteiger partial charge in [-0.3, -0.25) is 9.59 Å². The standard InChI is InChI=1S/C21H24N2O5/c24-20(7-4-12-26-17-5-2-1-3-6-17)22-11-10-21(25)23-16-8-9-18-19(15-16)28-14-13-27-18/h1-3,5-6,8-9,15H,4,7,10-14H2,(H,22,24)(H,23,25). The number of hydrogen-bond donors (Lipinski definition) is 2. The van der Waals surface area contributed by atoms with Crippen LogP contribution in [0.5, 0.6) is 17.2 Å². The monoisotopic (exact) mass is 384 g/mol. The molecule has 7 heteroatoms. The van der Waals surface area contributed by atoms with Gasteiger partial charge in [0.2, 0.25) is 11.8 Å². The fourth-order valence-electron chi connectivity index (χ4n) is 2.69. The van der Waals surface area contributed by atoms with E-state index < -0.39 is 0 Å². The first-order chi connectivity index (χ1) is 13.7. The van der Waals surface area contributed by atoms with Crippen LogP contribution in [0.15, 0.2) is 48.5 Å². The first-order valence-electron chi connectivity index (χ1n) is 9.35. The minimum Gasteiger partial charge on any atom is -0.494 e. The van der Waals surface area contributed by atoms with Crippen LogP contribution in [-0.4, -0.2) is 38.2 Å². The Morgan fingerprint density at radius 2 is 1.71 bits per heavy atom. The first kappa shape index (κ1) is 19.5. The van der Waals surface area contributed by atoms with E-state index in [1.165, 1.54) is 0 Å². The van der Waals surface area contributed by atoms with Crippen LogP contribution in [0.25, 0.3) is 0 Å². The zero-order valence-corrected chi connectivity index (χ0v) is 15.6. The highest BCUT2D eigenvalue weighted by molar-refractivity contribution is 5.91. The lowest BCUT2D eigenvalue weighted by Crippen LogP contribution is -2.27. The topological polar surface area (TPSA) is 85.9 Å². The zero-order valence-electron chi connectivity index (χ0n) is 15.6. The van der Waals surface area contributed by atoms with Crippen molar-refractivity contribution in [1.82, 2.24) is 5.32 Å². The highest BCUT2D eigenvalue weighted by Crippen LogP contribution is 2.32. The molecule has 0 fully saturated rings. The van der Waals surface area contributed by atoms with Crippen molar-refractivity contribution in [3.63, 3.8) is 0 Å². The van der Waals surface area contributed by atoms with Crippen LogP contribution in [-0.2, 0) is 9.59 Å². The number of rotatable bonds is 9. The zero-order chi connectivity index (χ0) is 19.6. The second-order valence-electron chi connectivity index (χ2n) is 6.27. The quantitative estimate of drug-likeness (QED) is 0.650. The molecule has 0 saturated carbocycles. The summed E-state index contributed by atoms with van der Waals surface area (Å²) in [6.07, 6.45) is 1.17. The van der Waals surface area contributed by atoms with Gasteiger partial charge in [-0.1, -0.05) is 18.2 Å². The van der Waals surface area contributed by atoms with E-state index in [-0.39, 0.29) is 24.8 Å². The normalized spacial score (nSPS) is 12.1. The average Bonchev–Trinajstić information content (AvgIpc) is 2.72. The molecular weight excluding hydrogens is 360 g/mol. The summed E-state index contributed by atoms with van der Waals surface area (Å²) in [4.78, 5) is 23.9. The van der Waals surface area contributed by atoms with Gasteiger partial charge in [0.15, 0.2) is 11.5 Å². The SMILES string of the molecule is O=C(CCCOc1ccccc1)NCCC(=O)Nc1ccc2c(c1)OCCO2. The van der Waals surface area contributed by atoms with Gasteiger partial charge in [0.1, 0.15) is 19.0 Å². The number of hydrogen-bond acceptors (Lipinski definition) is 5. The molecule has 0 aromatic heterocycles. The fourth-order valence-corrected chi connectivity index (χ4v) is 2.69. The Kier molecular flexibility index (Phi) is 7.12. The molecule has 2 amide bonds. The molecule has 148 valence electrons. The van der Waals surface area contributed by atoms with Gasteiger partial charge in [-0.05, 0) is 30.7 Å². The number of ether oxygens (including phenoxy) is 3. The van der Waals surface area contributed by atoms with E-state index in [4.69, 9.17) is 14.2 Å². The van der Waals surface area contributed by atoms with Gasteiger partial charge in [0.25, 0.3) is 0 Å². The van der Waals surface area contributed by atoms with Gasteiger partial charge in [0.05, 0.1) is 6.61 Å². The molecule has 0 saturated heterocycles. The summed E-state index contributed by atoms with van der Waals surface area (Å²) in [6.45, 7) is 1.78. The van der Waals surface area contributed by atoms with Crippen LogP contribution in [0.1, 0.15) is 19.3 Å². The molecule has 2 aromatic rings. The van der Waals surface area contributed by atoms with E-state index >= 15 is 0 Å². The Labute approximate surface area is 164 Å². The van der Waals surface area contributed by atoms with E-state index in [2.05, 4.69) is 10.6 Å². The first-order valence-corrected chi connectivity index (χ1v) is 9.35. The summed E-state index contributed by atoms with van der Waals surface area (Å²) in [7, 11) is 0. The minimum absolute atomic E-state index is 0.0937. The average molecular weight is 384 g/mol. The van der Waals surface area contributed by atoms with Crippen molar-refractivity contribution in [3.05, 3.63) is 48.5 Å². The maximum Gasteiger partial charge on any atom is 0.226 e. The van der Waals surface area contributed by atoms with Crippen molar-refractivity contribution in [2.45, 2.75) is 19.3 Å². The van der Waals surface area contributed by atoms with Crippen molar-refractivity contribution in [2.75, 3.05) is 31.7 Å². The van der Waals surface area contributed by atoms with Gasteiger partial charge in [-0.2, -0.15) is 0 Å². The van der Waals surface area contributed by atoms with Crippen LogP contribution in [0, 0.1) is 0 Å². The summed E-state index contributed by atoms with van der Waals surface area (Å²) in [5.74, 6) is 1.81. The molecule has 1 heterocycles. The van der Waals surface area contributed by atoms with Crippen LogP contribution in [0.3, 0.4) is 0 Å². The van der Waals surface area contributed by atoms with Crippen LogP contribution < -0.4 is 24.8 Å². The molecule has 7 nitrogen and oxygen atoms in total. The maximum atomic E-state index is 12.0.